The first-order valence-corrected chi connectivity index (χ1v) is 12.6. The van der Waals surface area contributed by atoms with Gasteiger partial charge in [-0.2, -0.15) is 8.42 Å². The van der Waals surface area contributed by atoms with Gasteiger partial charge in [0.1, 0.15) is 0 Å². The van der Waals surface area contributed by atoms with Gasteiger partial charge in [0.2, 0.25) is 5.91 Å². The fraction of sp³-hybridized carbons (Fsp3) is 0.773. The Balaban J connectivity index is 3.31. The number of nitrogens with one attached hydrogen (secondary N) is 1. The molecule has 0 saturated carbocycles. The normalized spacial score (nSPS) is 12.2. The van der Waals surface area contributed by atoms with Gasteiger partial charge in [0.15, 0.2) is 0 Å². The van der Waals surface area contributed by atoms with Gasteiger partial charge in [-0.3, -0.25) is 9.35 Å². The molecule has 6 heteroatoms. The van der Waals surface area contributed by atoms with Gasteiger partial charge < -0.3 is 5.32 Å². The first-order chi connectivity index (χ1) is 13.5. The molecule has 0 heterocycles. The Labute approximate surface area is 172 Å². The molecule has 0 spiro atoms. The van der Waals surface area contributed by atoms with Gasteiger partial charge in [0.05, 0.1) is 5.75 Å². The van der Waals surface area contributed by atoms with Crippen molar-refractivity contribution >= 4 is 16.0 Å². The van der Waals surface area contributed by atoms with E-state index in [9.17, 15) is 13.2 Å². The molecule has 164 valence electrons. The maximum Gasteiger partial charge on any atom is 0.266 e. The molecule has 0 aliphatic carbocycles. The SMILES string of the molecule is CCCCC/C=C\C/C=C\CCCCCCCCCC(=O)NCCS(=O)(=O)O. The van der Waals surface area contributed by atoms with E-state index in [2.05, 4.69) is 36.5 Å². The van der Waals surface area contributed by atoms with Crippen LogP contribution in [0.4, 0.5) is 0 Å². The topological polar surface area (TPSA) is 83.5 Å². The third kappa shape index (κ3) is 22.9. The predicted octanol–water partition coefficient (Wildman–Crippen LogP) is 5.58. The van der Waals surface area contributed by atoms with Gasteiger partial charge in [0, 0.05) is 13.0 Å². The Morgan fingerprint density at radius 1 is 0.821 bits per heavy atom. The number of allylic oxidation sites excluding steroid dienone is 4. The van der Waals surface area contributed by atoms with Crippen LogP contribution in [0.5, 0.6) is 0 Å². The molecule has 0 aliphatic heterocycles. The maximum absolute atomic E-state index is 11.5. The van der Waals surface area contributed by atoms with Crippen molar-refractivity contribution in [2.45, 2.75) is 96.8 Å². The molecule has 0 saturated heterocycles. The number of rotatable bonds is 19. The lowest BCUT2D eigenvalue weighted by Crippen LogP contribution is -2.28. The minimum atomic E-state index is -3.99. The smallest absolute Gasteiger partial charge is 0.266 e. The van der Waals surface area contributed by atoms with Gasteiger partial charge in [-0.15, -0.1) is 0 Å². The largest absolute Gasteiger partial charge is 0.355 e. The standard InChI is InChI=1S/C22H41NO4S/c1-2-3-4-5-6-7-8-9-10-11-12-13-14-15-16-17-18-19-22(24)23-20-21-28(25,26)27/h6-7,9-10H,2-5,8,11-21H2,1H3,(H,23,24)(H,25,26,27)/b7-6-,10-9-. The van der Waals surface area contributed by atoms with E-state index in [0.29, 0.717) is 6.42 Å². The van der Waals surface area contributed by atoms with Gasteiger partial charge in [-0.25, -0.2) is 0 Å². The molecule has 5 nitrogen and oxygen atoms in total. The van der Waals surface area contributed by atoms with Crippen molar-refractivity contribution < 1.29 is 17.8 Å². The first kappa shape index (κ1) is 26.9. The third-order valence-corrected chi connectivity index (χ3v) is 5.26. The number of unbranched alkanes of at least 4 members (excludes halogenated alkanes) is 10. The molecule has 0 atom stereocenters. The van der Waals surface area contributed by atoms with Gasteiger partial charge in [0.25, 0.3) is 10.1 Å². The lowest BCUT2D eigenvalue weighted by molar-refractivity contribution is -0.121. The van der Waals surface area contributed by atoms with E-state index in [1.54, 1.807) is 0 Å². The average molecular weight is 416 g/mol. The van der Waals surface area contributed by atoms with Crippen molar-refractivity contribution in [3.63, 3.8) is 0 Å². The highest BCUT2D eigenvalue weighted by molar-refractivity contribution is 7.85. The highest BCUT2D eigenvalue weighted by atomic mass is 32.2. The molecular weight excluding hydrogens is 374 g/mol. The van der Waals surface area contributed by atoms with Gasteiger partial charge in [-0.05, 0) is 38.5 Å². The Morgan fingerprint density at radius 3 is 1.93 bits per heavy atom. The fourth-order valence-corrected chi connectivity index (χ4v) is 3.22. The average Bonchev–Trinajstić information content (AvgIpc) is 2.63. The molecule has 0 unspecified atom stereocenters. The fourth-order valence-electron chi connectivity index (χ4n) is 2.86. The van der Waals surface area contributed by atoms with Crippen molar-refractivity contribution in [1.82, 2.24) is 5.32 Å². The van der Waals surface area contributed by atoms with Crippen molar-refractivity contribution in [1.29, 1.82) is 0 Å². The summed E-state index contributed by atoms with van der Waals surface area (Å²) in [5, 5.41) is 2.51. The molecule has 1 amide bonds. The van der Waals surface area contributed by atoms with E-state index >= 15 is 0 Å². The zero-order valence-electron chi connectivity index (χ0n) is 17.7. The summed E-state index contributed by atoms with van der Waals surface area (Å²) in [4.78, 5) is 11.5. The molecule has 0 bridgehead atoms. The summed E-state index contributed by atoms with van der Waals surface area (Å²) in [5.41, 5.74) is 0. The van der Waals surface area contributed by atoms with Crippen molar-refractivity contribution in [3.05, 3.63) is 24.3 Å². The molecule has 0 aromatic rings. The summed E-state index contributed by atoms with van der Waals surface area (Å²) in [7, 11) is -3.99. The van der Waals surface area contributed by atoms with Crippen LogP contribution in [0.2, 0.25) is 0 Å². The van der Waals surface area contributed by atoms with Gasteiger partial charge >= 0.3 is 0 Å². The second kappa shape index (κ2) is 19.2. The van der Waals surface area contributed by atoms with Crippen LogP contribution in [0, 0.1) is 0 Å². The van der Waals surface area contributed by atoms with Crippen molar-refractivity contribution in [2.24, 2.45) is 0 Å². The lowest BCUT2D eigenvalue weighted by atomic mass is 10.1. The lowest BCUT2D eigenvalue weighted by Gasteiger charge is -2.04. The maximum atomic E-state index is 11.5. The van der Waals surface area contributed by atoms with E-state index in [4.69, 9.17) is 4.55 Å². The monoisotopic (exact) mass is 415 g/mol. The zero-order valence-corrected chi connectivity index (χ0v) is 18.5. The highest BCUT2D eigenvalue weighted by Gasteiger charge is 2.06. The van der Waals surface area contributed by atoms with Gasteiger partial charge in [-0.1, -0.05) is 76.2 Å². The molecule has 0 aliphatic rings. The minimum Gasteiger partial charge on any atom is -0.355 e. The Morgan fingerprint density at radius 2 is 1.36 bits per heavy atom. The Kier molecular flexibility index (Phi) is 18.4. The number of amides is 1. The summed E-state index contributed by atoms with van der Waals surface area (Å²) in [6.45, 7) is 2.20. The Bertz CT molecular complexity index is 527. The molecule has 0 fully saturated rings. The summed E-state index contributed by atoms with van der Waals surface area (Å²) in [6.07, 6.45) is 24.8. The van der Waals surface area contributed by atoms with Crippen LogP contribution in [-0.2, 0) is 14.9 Å². The summed E-state index contributed by atoms with van der Waals surface area (Å²) in [6, 6.07) is 0. The van der Waals surface area contributed by atoms with E-state index < -0.39 is 15.9 Å². The predicted molar refractivity (Wildman–Crippen MR) is 118 cm³/mol. The molecular formula is C22H41NO4S. The van der Waals surface area contributed by atoms with Crippen LogP contribution < -0.4 is 5.32 Å². The molecule has 0 aromatic carbocycles. The number of carbonyl (C=O) groups is 1. The second-order valence-electron chi connectivity index (χ2n) is 7.32. The molecule has 0 rings (SSSR count). The van der Waals surface area contributed by atoms with Crippen molar-refractivity contribution in [3.8, 4) is 0 Å². The second-order valence-corrected chi connectivity index (χ2v) is 8.90. The van der Waals surface area contributed by atoms with E-state index in [-0.39, 0.29) is 12.5 Å². The minimum absolute atomic E-state index is 0.0264. The number of hydrogen-bond donors (Lipinski definition) is 2. The summed E-state index contributed by atoms with van der Waals surface area (Å²) < 4.78 is 29.7. The first-order valence-electron chi connectivity index (χ1n) is 11.0. The van der Waals surface area contributed by atoms with Crippen LogP contribution in [0.15, 0.2) is 24.3 Å². The summed E-state index contributed by atoms with van der Waals surface area (Å²) >= 11 is 0. The zero-order chi connectivity index (χ0) is 20.9. The molecule has 0 radical (unpaired) electrons. The van der Waals surface area contributed by atoms with Crippen LogP contribution in [0.1, 0.15) is 96.8 Å². The van der Waals surface area contributed by atoms with Crippen LogP contribution in [0.3, 0.4) is 0 Å². The summed E-state index contributed by atoms with van der Waals surface area (Å²) in [5.74, 6) is -0.574. The van der Waals surface area contributed by atoms with Crippen molar-refractivity contribution in [2.75, 3.05) is 12.3 Å². The van der Waals surface area contributed by atoms with E-state index in [1.165, 1.54) is 51.4 Å². The van der Waals surface area contributed by atoms with E-state index in [1.807, 2.05) is 0 Å². The number of carbonyl (C=O) groups excluding carboxylic acids is 1. The highest BCUT2D eigenvalue weighted by Crippen LogP contribution is 2.10. The third-order valence-electron chi connectivity index (χ3n) is 4.54. The quantitative estimate of drug-likeness (QED) is 0.164. The number of hydrogen-bond acceptors (Lipinski definition) is 3. The molecule has 28 heavy (non-hydrogen) atoms. The molecule has 2 N–H and O–H groups in total. The van der Waals surface area contributed by atoms with Crippen LogP contribution in [0.25, 0.3) is 0 Å². The van der Waals surface area contributed by atoms with Crippen LogP contribution in [-0.4, -0.2) is 31.2 Å². The molecule has 0 aromatic heterocycles. The van der Waals surface area contributed by atoms with Crippen LogP contribution >= 0.6 is 0 Å². The van der Waals surface area contributed by atoms with E-state index in [0.717, 1.165) is 32.1 Å². The Hall–Kier alpha value is -1.14.